The largest absolute Gasteiger partial charge is 0.396 e. The van der Waals surface area contributed by atoms with Crippen molar-refractivity contribution in [2.24, 2.45) is 5.41 Å². The van der Waals surface area contributed by atoms with E-state index in [0.29, 0.717) is 6.42 Å². The smallest absolute Gasteiger partial charge is 0.334 e. The molecule has 0 aromatic carbocycles. The van der Waals surface area contributed by atoms with Crippen molar-refractivity contribution in [3.8, 4) is 0 Å². The molecule has 8 N–H and O–H groups in total. The van der Waals surface area contributed by atoms with Gasteiger partial charge >= 0.3 is 17.2 Å². The summed E-state index contributed by atoms with van der Waals surface area (Å²) in [7, 11) is -5.22. The van der Waals surface area contributed by atoms with Gasteiger partial charge in [-0.1, -0.05) is 45.4 Å². The Morgan fingerprint density at radius 3 is 1.54 bits per heavy atom. The molecular formula is C13H32O9P2. The van der Waals surface area contributed by atoms with Gasteiger partial charge in [0.15, 0.2) is 0 Å². The lowest BCUT2D eigenvalue weighted by atomic mass is 9.82. The van der Waals surface area contributed by atoms with Gasteiger partial charge in [0.2, 0.25) is 0 Å². The van der Waals surface area contributed by atoms with E-state index in [1.54, 1.807) is 0 Å². The second-order valence-corrected chi connectivity index (χ2v) is 7.16. The molecule has 148 valence electrons. The fourth-order valence-electron chi connectivity index (χ4n) is 1.96. The molecule has 1 atom stereocenters. The quantitative estimate of drug-likeness (QED) is 0.163. The van der Waals surface area contributed by atoms with Crippen molar-refractivity contribution < 1.29 is 44.3 Å². The zero-order chi connectivity index (χ0) is 19.0. The standard InChI is InChI=1S/C13H28O4.H4O5P2/c1-2-3-4-5-6-7-8-12(17)13(9-14,10-15)11-16;1-6(2)5-7(3)4/h12,14-17H,2-11H2,1H3;1-4H. The summed E-state index contributed by atoms with van der Waals surface area (Å²) < 4.78 is 3.60. The second kappa shape index (κ2) is 16.9. The van der Waals surface area contributed by atoms with Crippen LogP contribution in [0.25, 0.3) is 0 Å². The van der Waals surface area contributed by atoms with Crippen LogP contribution in [0.3, 0.4) is 0 Å². The van der Waals surface area contributed by atoms with Crippen LogP contribution in [0.2, 0.25) is 0 Å². The minimum Gasteiger partial charge on any atom is -0.396 e. The summed E-state index contributed by atoms with van der Waals surface area (Å²) in [6.07, 6.45) is 6.44. The Hall–Kier alpha value is 0.500. The SMILES string of the molecule is CCCCCCCCC(O)C(CO)(CO)CO.OP(O)OP(O)O. The van der Waals surface area contributed by atoms with Crippen LogP contribution in [0.5, 0.6) is 0 Å². The molecule has 0 saturated heterocycles. The van der Waals surface area contributed by atoms with Crippen molar-refractivity contribution in [1.29, 1.82) is 0 Å². The molecule has 0 saturated carbocycles. The van der Waals surface area contributed by atoms with Crippen LogP contribution in [-0.4, -0.2) is 65.9 Å². The van der Waals surface area contributed by atoms with Gasteiger partial charge in [-0.05, 0) is 6.42 Å². The fraction of sp³-hybridized carbons (Fsp3) is 1.00. The highest BCUT2D eigenvalue weighted by Gasteiger charge is 2.35. The summed E-state index contributed by atoms with van der Waals surface area (Å²) in [6.45, 7) is 0.993. The molecular weight excluding hydrogens is 362 g/mol. The molecule has 0 rings (SSSR count). The highest BCUT2D eigenvalue weighted by molar-refractivity contribution is 7.53. The average molecular weight is 394 g/mol. The molecule has 0 aliphatic rings. The second-order valence-electron chi connectivity index (χ2n) is 5.50. The Kier molecular flexibility index (Phi) is 18.9. The molecule has 0 aliphatic carbocycles. The molecule has 0 bridgehead atoms. The van der Waals surface area contributed by atoms with E-state index in [2.05, 4.69) is 11.2 Å². The summed E-state index contributed by atoms with van der Waals surface area (Å²) >= 11 is 0. The fourth-order valence-corrected chi connectivity index (χ4v) is 2.48. The van der Waals surface area contributed by atoms with Crippen molar-refractivity contribution in [3.63, 3.8) is 0 Å². The lowest BCUT2D eigenvalue weighted by Crippen LogP contribution is -2.45. The number of rotatable bonds is 13. The molecule has 0 aliphatic heterocycles. The van der Waals surface area contributed by atoms with Crippen LogP contribution in [0.4, 0.5) is 0 Å². The average Bonchev–Trinajstić information content (AvgIpc) is 2.52. The summed E-state index contributed by atoms with van der Waals surface area (Å²) in [4.78, 5) is 31.3. The third-order valence-electron chi connectivity index (χ3n) is 3.63. The molecule has 0 aromatic rings. The first-order chi connectivity index (χ1) is 11.3. The molecule has 24 heavy (non-hydrogen) atoms. The lowest BCUT2D eigenvalue weighted by molar-refractivity contribution is -0.0863. The summed E-state index contributed by atoms with van der Waals surface area (Å²) in [5, 5.41) is 37.3. The normalized spacial score (nSPS) is 13.1. The topological polar surface area (TPSA) is 171 Å². The van der Waals surface area contributed by atoms with Gasteiger partial charge in [-0.2, -0.15) is 0 Å². The predicted molar refractivity (Wildman–Crippen MR) is 91.5 cm³/mol. The van der Waals surface area contributed by atoms with Crippen LogP contribution >= 0.6 is 17.2 Å². The van der Waals surface area contributed by atoms with Crippen molar-refractivity contribution in [2.45, 2.75) is 58.0 Å². The number of hydrogen-bond donors (Lipinski definition) is 8. The zero-order valence-corrected chi connectivity index (χ0v) is 15.8. The van der Waals surface area contributed by atoms with Crippen LogP contribution in [-0.2, 0) is 4.31 Å². The molecule has 11 heteroatoms. The van der Waals surface area contributed by atoms with Crippen LogP contribution in [0, 0.1) is 5.41 Å². The minimum atomic E-state index is -2.61. The molecule has 0 radical (unpaired) electrons. The zero-order valence-electron chi connectivity index (χ0n) is 14.0. The Morgan fingerprint density at radius 1 is 0.792 bits per heavy atom. The third-order valence-corrected chi connectivity index (χ3v) is 4.80. The van der Waals surface area contributed by atoms with E-state index in [4.69, 9.17) is 34.9 Å². The van der Waals surface area contributed by atoms with Gasteiger partial charge in [0.25, 0.3) is 0 Å². The van der Waals surface area contributed by atoms with Gasteiger partial charge in [-0.15, -0.1) is 0 Å². The lowest BCUT2D eigenvalue weighted by Gasteiger charge is -2.32. The van der Waals surface area contributed by atoms with E-state index in [-0.39, 0.29) is 0 Å². The van der Waals surface area contributed by atoms with Gasteiger partial charge in [0.05, 0.1) is 31.3 Å². The summed E-state index contributed by atoms with van der Waals surface area (Å²) in [6, 6.07) is 0. The molecule has 1 unspecified atom stereocenters. The van der Waals surface area contributed by atoms with Gasteiger partial charge in [-0.3, -0.25) is 0 Å². The first kappa shape index (κ1) is 26.7. The summed E-state index contributed by atoms with van der Waals surface area (Å²) in [5.74, 6) is 0. The molecule has 9 nitrogen and oxygen atoms in total. The van der Waals surface area contributed by atoms with Crippen molar-refractivity contribution in [2.75, 3.05) is 19.8 Å². The number of aliphatic hydroxyl groups excluding tert-OH is 4. The van der Waals surface area contributed by atoms with Crippen molar-refractivity contribution in [1.82, 2.24) is 0 Å². The predicted octanol–water partition coefficient (Wildman–Crippen LogP) is 0.487. The minimum absolute atomic E-state index is 0.392. The number of aliphatic hydroxyl groups is 4. The van der Waals surface area contributed by atoms with Gasteiger partial charge < -0.3 is 40.0 Å². The summed E-state index contributed by atoms with van der Waals surface area (Å²) in [5.41, 5.74) is -1.15. The maximum Gasteiger partial charge on any atom is 0.334 e. The highest BCUT2D eigenvalue weighted by Crippen LogP contribution is 2.41. The Balaban J connectivity index is 0. The molecule has 0 spiro atoms. The highest BCUT2D eigenvalue weighted by atomic mass is 31.2. The van der Waals surface area contributed by atoms with E-state index in [9.17, 15) is 5.11 Å². The van der Waals surface area contributed by atoms with E-state index in [1.807, 2.05) is 0 Å². The molecule has 0 fully saturated rings. The monoisotopic (exact) mass is 394 g/mol. The maximum atomic E-state index is 9.88. The van der Waals surface area contributed by atoms with Gasteiger partial charge in [0, 0.05) is 0 Å². The van der Waals surface area contributed by atoms with Gasteiger partial charge in [-0.25, -0.2) is 4.31 Å². The molecule has 0 heterocycles. The van der Waals surface area contributed by atoms with Crippen LogP contribution in [0.1, 0.15) is 51.9 Å². The third kappa shape index (κ3) is 13.8. The van der Waals surface area contributed by atoms with E-state index >= 15 is 0 Å². The van der Waals surface area contributed by atoms with Crippen LogP contribution < -0.4 is 0 Å². The Bertz CT molecular complexity index is 252. The number of hydrogen-bond acceptors (Lipinski definition) is 9. The van der Waals surface area contributed by atoms with Crippen LogP contribution in [0.15, 0.2) is 0 Å². The first-order valence-corrected chi connectivity index (χ1v) is 10.2. The molecule has 0 amide bonds. The van der Waals surface area contributed by atoms with E-state index in [0.717, 1.165) is 19.3 Å². The van der Waals surface area contributed by atoms with Crippen molar-refractivity contribution >= 4 is 17.2 Å². The Labute approximate surface area is 145 Å². The van der Waals surface area contributed by atoms with E-state index < -0.39 is 48.5 Å². The Morgan fingerprint density at radius 2 is 1.21 bits per heavy atom. The number of unbranched alkanes of at least 4 members (excludes halogenated alkanes) is 5. The molecule has 0 aromatic heterocycles. The maximum absolute atomic E-state index is 9.88. The first-order valence-electron chi connectivity index (χ1n) is 7.84. The van der Waals surface area contributed by atoms with E-state index in [1.165, 1.54) is 19.3 Å². The van der Waals surface area contributed by atoms with Gasteiger partial charge in [0.1, 0.15) is 0 Å². The van der Waals surface area contributed by atoms with Crippen molar-refractivity contribution in [3.05, 3.63) is 0 Å².